The zero-order valence-corrected chi connectivity index (χ0v) is 14.9. The van der Waals surface area contributed by atoms with Gasteiger partial charge in [-0.1, -0.05) is 12.1 Å². The average molecular weight is 343 g/mol. The minimum absolute atomic E-state index is 0.0801. The smallest absolute Gasteiger partial charge is 0.262 e. The monoisotopic (exact) mass is 343 g/mol. The zero-order valence-electron chi connectivity index (χ0n) is 14.9. The quantitative estimate of drug-likeness (QED) is 0.733. The van der Waals surface area contributed by atoms with Crippen LogP contribution in [-0.4, -0.2) is 51.7 Å². The molecule has 0 aliphatic heterocycles. The number of methoxy groups -OCH3 is 1. The van der Waals surface area contributed by atoms with Gasteiger partial charge >= 0.3 is 0 Å². The topological polar surface area (TPSA) is 62.8 Å². The van der Waals surface area contributed by atoms with Gasteiger partial charge in [-0.2, -0.15) is 0 Å². The van der Waals surface area contributed by atoms with Crippen molar-refractivity contribution in [3.05, 3.63) is 48.5 Å². The van der Waals surface area contributed by atoms with E-state index >= 15 is 0 Å². The number of para-hydroxylation sites is 2. The van der Waals surface area contributed by atoms with E-state index in [1.165, 1.54) is 0 Å². The second-order valence-electron chi connectivity index (χ2n) is 5.80. The summed E-state index contributed by atoms with van der Waals surface area (Å²) in [5.74, 6) is 0.920. The molecular formula is C19H25N3O3. The first-order valence-electron chi connectivity index (χ1n) is 8.13. The molecule has 0 bridgehead atoms. The normalized spacial score (nSPS) is 10.4. The molecular weight excluding hydrogens is 318 g/mol. The summed E-state index contributed by atoms with van der Waals surface area (Å²) in [5, 5.41) is 6.13. The molecule has 0 radical (unpaired) electrons. The molecule has 6 heteroatoms. The lowest BCUT2D eigenvalue weighted by molar-refractivity contribution is -0.118. The Kier molecular flexibility index (Phi) is 7.10. The van der Waals surface area contributed by atoms with Gasteiger partial charge in [0, 0.05) is 24.5 Å². The lowest BCUT2D eigenvalue weighted by Gasteiger charge is -2.12. The largest absolute Gasteiger partial charge is 0.493 e. The molecule has 0 saturated carbocycles. The maximum atomic E-state index is 12.0. The fourth-order valence-corrected chi connectivity index (χ4v) is 2.17. The van der Waals surface area contributed by atoms with Crippen LogP contribution in [-0.2, 0) is 4.79 Å². The molecule has 0 aliphatic rings. The van der Waals surface area contributed by atoms with Gasteiger partial charge in [-0.3, -0.25) is 4.79 Å². The molecule has 1 amide bonds. The maximum absolute atomic E-state index is 12.0. The summed E-state index contributed by atoms with van der Waals surface area (Å²) in [6.45, 7) is 1.74. The first kappa shape index (κ1) is 18.6. The Morgan fingerprint density at radius 3 is 2.28 bits per heavy atom. The first-order valence-corrected chi connectivity index (χ1v) is 8.13. The number of carbonyl (C=O) groups is 1. The van der Waals surface area contributed by atoms with Crippen molar-refractivity contribution in [2.75, 3.05) is 51.5 Å². The van der Waals surface area contributed by atoms with Gasteiger partial charge in [-0.05, 0) is 50.5 Å². The van der Waals surface area contributed by atoms with E-state index in [4.69, 9.17) is 9.47 Å². The van der Waals surface area contributed by atoms with Crippen LogP contribution in [0.1, 0.15) is 0 Å². The van der Waals surface area contributed by atoms with Crippen LogP contribution in [0.15, 0.2) is 48.5 Å². The van der Waals surface area contributed by atoms with Gasteiger partial charge in [0.2, 0.25) is 0 Å². The third-order valence-corrected chi connectivity index (χ3v) is 3.48. The number of ether oxygens (including phenoxy) is 2. The summed E-state index contributed by atoms with van der Waals surface area (Å²) in [7, 11) is 5.64. The molecule has 0 atom stereocenters. The molecule has 0 fully saturated rings. The fraction of sp³-hybridized carbons (Fsp3) is 0.316. The number of anilines is 2. The molecule has 0 heterocycles. The molecule has 25 heavy (non-hydrogen) atoms. The van der Waals surface area contributed by atoms with E-state index in [0.717, 1.165) is 24.5 Å². The van der Waals surface area contributed by atoms with Crippen LogP contribution in [0, 0.1) is 0 Å². The van der Waals surface area contributed by atoms with E-state index in [2.05, 4.69) is 15.5 Å². The Hall–Kier alpha value is -2.73. The number of nitrogens with zero attached hydrogens (tertiary/aromatic N) is 1. The Balaban J connectivity index is 1.80. The first-order chi connectivity index (χ1) is 12.1. The van der Waals surface area contributed by atoms with E-state index in [9.17, 15) is 4.79 Å². The van der Waals surface area contributed by atoms with Gasteiger partial charge in [0.25, 0.3) is 5.91 Å². The van der Waals surface area contributed by atoms with Gasteiger partial charge < -0.3 is 25.0 Å². The molecule has 0 aliphatic carbocycles. The van der Waals surface area contributed by atoms with Crippen molar-refractivity contribution < 1.29 is 14.3 Å². The standard InChI is InChI=1S/C19H25N3O3/c1-22(2)13-12-20-15-8-10-16(11-9-15)21-19(23)14-25-18-7-5-4-6-17(18)24-3/h4-11,20H,12-14H2,1-3H3,(H,21,23). The predicted octanol–water partition coefficient (Wildman–Crippen LogP) is 2.69. The van der Waals surface area contributed by atoms with Crippen LogP contribution in [0.25, 0.3) is 0 Å². The number of likely N-dealkylation sites (N-methyl/N-ethyl adjacent to an activating group) is 1. The summed E-state index contributed by atoms with van der Waals surface area (Å²) >= 11 is 0. The predicted molar refractivity (Wildman–Crippen MR) is 101 cm³/mol. The highest BCUT2D eigenvalue weighted by Gasteiger charge is 2.07. The highest BCUT2D eigenvalue weighted by atomic mass is 16.5. The van der Waals surface area contributed by atoms with Crippen molar-refractivity contribution >= 4 is 17.3 Å². The lowest BCUT2D eigenvalue weighted by atomic mass is 10.2. The summed E-state index contributed by atoms with van der Waals surface area (Å²) in [6, 6.07) is 14.8. The molecule has 0 saturated heterocycles. The van der Waals surface area contributed by atoms with Gasteiger partial charge in [0.15, 0.2) is 18.1 Å². The highest BCUT2D eigenvalue weighted by molar-refractivity contribution is 5.92. The van der Waals surface area contributed by atoms with Crippen LogP contribution >= 0.6 is 0 Å². The number of benzene rings is 2. The van der Waals surface area contributed by atoms with Gasteiger partial charge in [-0.25, -0.2) is 0 Å². The van der Waals surface area contributed by atoms with Crippen LogP contribution in [0.3, 0.4) is 0 Å². The summed E-state index contributed by atoms with van der Waals surface area (Å²) in [6.07, 6.45) is 0. The van der Waals surface area contributed by atoms with Crippen LogP contribution < -0.4 is 20.1 Å². The minimum Gasteiger partial charge on any atom is -0.493 e. The number of hydrogen-bond acceptors (Lipinski definition) is 5. The summed E-state index contributed by atoms with van der Waals surface area (Å²) in [4.78, 5) is 14.1. The van der Waals surface area contributed by atoms with Crippen LogP contribution in [0.5, 0.6) is 11.5 Å². The van der Waals surface area contributed by atoms with E-state index in [1.807, 2.05) is 50.5 Å². The molecule has 0 aromatic heterocycles. The molecule has 2 rings (SSSR count). The number of carbonyl (C=O) groups excluding carboxylic acids is 1. The summed E-state index contributed by atoms with van der Waals surface area (Å²) in [5.41, 5.74) is 1.75. The van der Waals surface area contributed by atoms with Crippen molar-refractivity contribution in [3.63, 3.8) is 0 Å². The third-order valence-electron chi connectivity index (χ3n) is 3.48. The minimum atomic E-state index is -0.223. The molecule has 2 aromatic carbocycles. The van der Waals surface area contributed by atoms with Gasteiger partial charge in [0.1, 0.15) is 0 Å². The third kappa shape index (κ3) is 6.35. The molecule has 134 valence electrons. The second kappa shape index (κ2) is 9.54. The lowest BCUT2D eigenvalue weighted by Crippen LogP contribution is -2.21. The SMILES string of the molecule is COc1ccccc1OCC(=O)Nc1ccc(NCCN(C)C)cc1. The molecule has 0 unspecified atom stereocenters. The van der Waals surface area contributed by atoms with Crippen molar-refractivity contribution in [2.24, 2.45) is 0 Å². The van der Waals surface area contributed by atoms with Crippen molar-refractivity contribution in [1.29, 1.82) is 0 Å². The Bertz CT molecular complexity index is 672. The molecule has 2 N–H and O–H groups in total. The Morgan fingerprint density at radius 2 is 1.64 bits per heavy atom. The number of nitrogens with one attached hydrogen (secondary N) is 2. The Labute approximate surface area is 148 Å². The van der Waals surface area contributed by atoms with Crippen LogP contribution in [0.4, 0.5) is 11.4 Å². The molecule has 2 aromatic rings. The van der Waals surface area contributed by atoms with Crippen molar-refractivity contribution in [2.45, 2.75) is 0 Å². The number of amides is 1. The van der Waals surface area contributed by atoms with Crippen molar-refractivity contribution in [3.8, 4) is 11.5 Å². The summed E-state index contributed by atoms with van der Waals surface area (Å²) < 4.78 is 10.7. The van der Waals surface area contributed by atoms with E-state index in [-0.39, 0.29) is 12.5 Å². The van der Waals surface area contributed by atoms with Crippen LogP contribution in [0.2, 0.25) is 0 Å². The number of hydrogen-bond donors (Lipinski definition) is 2. The zero-order chi connectivity index (χ0) is 18.1. The second-order valence-corrected chi connectivity index (χ2v) is 5.80. The molecule has 0 spiro atoms. The van der Waals surface area contributed by atoms with E-state index < -0.39 is 0 Å². The fourth-order valence-electron chi connectivity index (χ4n) is 2.17. The van der Waals surface area contributed by atoms with Gasteiger partial charge in [0.05, 0.1) is 7.11 Å². The van der Waals surface area contributed by atoms with E-state index in [0.29, 0.717) is 11.5 Å². The van der Waals surface area contributed by atoms with E-state index in [1.54, 1.807) is 19.2 Å². The average Bonchev–Trinajstić information content (AvgIpc) is 2.61. The number of rotatable bonds is 9. The van der Waals surface area contributed by atoms with Gasteiger partial charge in [-0.15, -0.1) is 0 Å². The maximum Gasteiger partial charge on any atom is 0.262 e. The van der Waals surface area contributed by atoms with Crippen molar-refractivity contribution in [1.82, 2.24) is 4.90 Å². The Morgan fingerprint density at radius 1 is 1.00 bits per heavy atom. The highest BCUT2D eigenvalue weighted by Crippen LogP contribution is 2.25. The molecule has 6 nitrogen and oxygen atoms in total.